The minimum atomic E-state index is 0.327. The molecule has 0 spiro atoms. The second kappa shape index (κ2) is 8.29. The normalized spacial score (nSPS) is 11.8. The van der Waals surface area contributed by atoms with Crippen molar-refractivity contribution in [1.29, 1.82) is 0 Å². The van der Waals surface area contributed by atoms with Gasteiger partial charge in [-0.2, -0.15) is 4.98 Å². The maximum Gasteiger partial charge on any atom is 0.225 e. The number of rotatable bonds is 7. The van der Waals surface area contributed by atoms with Crippen LogP contribution in [0.3, 0.4) is 0 Å². The summed E-state index contributed by atoms with van der Waals surface area (Å²) in [5.41, 5.74) is 3.22. The first-order valence-electron chi connectivity index (χ1n) is 8.73. The monoisotopic (exact) mass is 332 g/mol. The molecule has 0 bridgehead atoms. The summed E-state index contributed by atoms with van der Waals surface area (Å²) in [7, 11) is 0. The van der Waals surface area contributed by atoms with E-state index in [1.807, 2.05) is 42.5 Å². The molecule has 0 aliphatic rings. The van der Waals surface area contributed by atoms with Crippen LogP contribution in [0.1, 0.15) is 25.8 Å². The van der Waals surface area contributed by atoms with Gasteiger partial charge in [0, 0.05) is 24.2 Å². The summed E-state index contributed by atoms with van der Waals surface area (Å²) >= 11 is 0. The lowest BCUT2D eigenvalue weighted by atomic mass is 10.1. The van der Waals surface area contributed by atoms with Crippen LogP contribution in [0, 0.1) is 0 Å². The zero-order chi connectivity index (χ0) is 17.5. The van der Waals surface area contributed by atoms with E-state index in [0.717, 1.165) is 30.0 Å². The van der Waals surface area contributed by atoms with Crippen LogP contribution in [0.5, 0.6) is 0 Å². The summed E-state index contributed by atoms with van der Waals surface area (Å²) in [6.07, 6.45) is 1.02. The molecule has 2 N–H and O–H groups in total. The minimum absolute atomic E-state index is 0.327. The number of hydrogen-bond donors (Lipinski definition) is 2. The fraction of sp³-hybridized carbons (Fsp3) is 0.238. The van der Waals surface area contributed by atoms with Crippen LogP contribution in [0.25, 0.3) is 11.3 Å². The maximum absolute atomic E-state index is 4.68. The molecule has 1 heterocycles. The first-order chi connectivity index (χ1) is 12.2. The zero-order valence-electron chi connectivity index (χ0n) is 14.7. The molecule has 0 saturated heterocycles. The molecule has 0 amide bonds. The molecule has 25 heavy (non-hydrogen) atoms. The first kappa shape index (κ1) is 17.0. The summed E-state index contributed by atoms with van der Waals surface area (Å²) in [5.74, 6) is 1.48. The van der Waals surface area contributed by atoms with Gasteiger partial charge in [-0.1, -0.05) is 67.6 Å². The number of benzene rings is 2. The molecule has 0 radical (unpaired) electrons. The first-order valence-corrected chi connectivity index (χ1v) is 8.73. The van der Waals surface area contributed by atoms with Gasteiger partial charge in [-0.3, -0.25) is 0 Å². The van der Waals surface area contributed by atoms with Crippen LogP contribution in [-0.4, -0.2) is 16.0 Å². The Morgan fingerprint density at radius 3 is 2.28 bits per heavy atom. The van der Waals surface area contributed by atoms with Crippen molar-refractivity contribution in [3.63, 3.8) is 0 Å². The van der Waals surface area contributed by atoms with E-state index in [4.69, 9.17) is 0 Å². The number of nitrogens with zero attached hydrogens (tertiary/aromatic N) is 2. The molecule has 2 aromatic carbocycles. The molecule has 0 unspecified atom stereocenters. The lowest BCUT2D eigenvalue weighted by Crippen LogP contribution is -2.16. The summed E-state index contributed by atoms with van der Waals surface area (Å²) in [4.78, 5) is 9.31. The highest BCUT2D eigenvalue weighted by Crippen LogP contribution is 2.22. The maximum atomic E-state index is 4.68. The van der Waals surface area contributed by atoms with Gasteiger partial charge >= 0.3 is 0 Å². The minimum Gasteiger partial charge on any atom is -0.366 e. The van der Waals surface area contributed by atoms with Gasteiger partial charge in [-0.25, -0.2) is 4.98 Å². The quantitative estimate of drug-likeness (QED) is 0.641. The van der Waals surface area contributed by atoms with Crippen molar-refractivity contribution >= 4 is 11.8 Å². The molecule has 4 nitrogen and oxygen atoms in total. The molecule has 1 aromatic heterocycles. The van der Waals surface area contributed by atoms with Crippen molar-refractivity contribution in [1.82, 2.24) is 9.97 Å². The van der Waals surface area contributed by atoms with Gasteiger partial charge in [0.1, 0.15) is 5.82 Å². The molecular weight excluding hydrogens is 308 g/mol. The zero-order valence-corrected chi connectivity index (χ0v) is 14.7. The lowest BCUT2D eigenvalue weighted by molar-refractivity contribution is 0.753. The van der Waals surface area contributed by atoms with Gasteiger partial charge in [0.25, 0.3) is 0 Å². The van der Waals surface area contributed by atoms with E-state index >= 15 is 0 Å². The predicted molar refractivity (Wildman–Crippen MR) is 105 cm³/mol. The second-order valence-corrected chi connectivity index (χ2v) is 6.12. The van der Waals surface area contributed by atoms with Crippen molar-refractivity contribution in [2.24, 2.45) is 0 Å². The molecule has 1 atom stereocenters. The van der Waals surface area contributed by atoms with Crippen LogP contribution in [0.4, 0.5) is 11.8 Å². The van der Waals surface area contributed by atoms with Crippen LogP contribution in [0.2, 0.25) is 0 Å². The Morgan fingerprint density at radius 2 is 1.60 bits per heavy atom. The molecule has 0 fully saturated rings. The smallest absolute Gasteiger partial charge is 0.225 e. The highest BCUT2D eigenvalue weighted by molar-refractivity contribution is 5.64. The molecule has 128 valence electrons. The summed E-state index contributed by atoms with van der Waals surface area (Å²) in [5, 5.41) is 6.79. The highest BCUT2D eigenvalue weighted by Gasteiger charge is 2.08. The third kappa shape index (κ3) is 4.80. The Hall–Kier alpha value is -2.88. The summed E-state index contributed by atoms with van der Waals surface area (Å²) < 4.78 is 0. The number of hydrogen-bond acceptors (Lipinski definition) is 4. The van der Waals surface area contributed by atoms with E-state index < -0.39 is 0 Å². The molecule has 3 aromatic rings. The van der Waals surface area contributed by atoms with E-state index in [0.29, 0.717) is 12.0 Å². The fourth-order valence-corrected chi connectivity index (χ4v) is 2.47. The van der Waals surface area contributed by atoms with Gasteiger partial charge in [0.15, 0.2) is 0 Å². The topological polar surface area (TPSA) is 49.8 Å². The van der Waals surface area contributed by atoms with Crippen LogP contribution in [-0.2, 0) is 6.54 Å². The summed E-state index contributed by atoms with van der Waals surface area (Å²) in [6, 6.07) is 22.8. The van der Waals surface area contributed by atoms with Crippen LogP contribution in [0.15, 0.2) is 66.7 Å². The Labute approximate surface area is 149 Å². The van der Waals surface area contributed by atoms with E-state index in [9.17, 15) is 0 Å². The SMILES string of the molecule is CC[C@@H](C)Nc1nc(NCc2ccccc2)cc(-c2ccccc2)n1. The number of anilines is 2. The third-order valence-electron chi connectivity index (χ3n) is 4.10. The molecule has 0 saturated carbocycles. The van der Waals surface area contributed by atoms with Crippen molar-refractivity contribution in [2.75, 3.05) is 10.6 Å². The van der Waals surface area contributed by atoms with Crippen molar-refractivity contribution in [2.45, 2.75) is 32.9 Å². The Balaban J connectivity index is 1.86. The number of nitrogens with one attached hydrogen (secondary N) is 2. The van der Waals surface area contributed by atoms with Crippen molar-refractivity contribution in [3.8, 4) is 11.3 Å². The fourth-order valence-electron chi connectivity index (χ4n) is 2.47. The van der Waals surface area contributed by atoms with E-state index in [1.165, 1.54) is 5.56 Å². The Kier molecular flexibility index (Phi) is 5.62. The molecular formula is C21H24N4. The largest absolute Gasteiger partial charge is 0.366 e. The standard InChI is InChI=1S/C21H24N4/c1-3-16(2)23-21-24-19(18-12-8-5-9-13-18)14-20(25-21)22-15-17-10-6-4-7-11-17/h4-14,16H,3,15H2,1-2H3,(H2,22,23,24,25)/t16-/m1/s1. The Morgan fingerprint density at radius 1 is 0.920 bits per heavy atom. The predicted octanol–water partition coefficient (Wildman–Crippen LogP) is 4.97. The van der Waals surface area contributed by atoms with Crippen LogP contribution >= 0.6 is 0 Å². The Bertz CT molecular complexity index is 788. The van der Waals surface area contributed by atoms with Crippen LogP contribution < -0.4 is 10.6 Å². The molecule has 0 aliphatic carbocycles. The highest BCUT2D eigenvalue weighted by atomic mass is 15.2. The molecule has 3 rings (SSSR count). The van der Waals surface area contributed by atoms with E-state index in [2.05, 4.69) is 58.7 Å². The molecule has 0 aliphatic heterocycles. The van der Waals surface area contributed by atoms with E-state index in [-0.39, 0.29) is 0 Å². The molecule has 4 heteroatoms. The average Bonchev–Trinajstić information content (AvgIpc) is 2.67. The summed E-state index contributed by atoms with van der Waals surface area (Å²) in [6.45, 7) is 5.01. The van der Waals surface area contributed by atoms with Crippen molar-refractivity contribution < 1.29 is 0 Å². The van der Waals surface area contributed by atoms with Gasteiger partial charge in [0.05, 0.1) is 5.69 Å². The van der Waals surface area contributed by atoms with E-state index in [1.54, 1.807) is 0 Å². The lowest BCUT2D eigenvalue weighted by Gasteiger charge is -2.14. The second-order valence-electron chi connectivity index (χ2n) is 6.12. The third-order valence-corrected chi connectivity index (χ3v) is 4.10. The number of aromatic nitrogens is 2. The van der Waals surface area contributed by atoms with Gasteiger partial charge in [-0.05, 0) is 18.9 Å². The van der Waals surface area contributed by atoms with Gasteiger partial charge in [0.2, 0.25) is 5.95 Å². The average molecular weight is 332 g/mol. The van der Waals surface area contributed by atoms with Crippen molar-refractivity contribution in [3.05, 3.63) is 72.3 Å². The van der Waals surface area contributed by atoms with Gasteiger partial charge in [-0.15, -0.1) is 0 Å². The van der Waals surface area contributed by atoms with Gasteiger partial charge < -0.3 is 10.6 Å².